The highest BCUT2D eigenvalue weighted by Gasteiger charge is 2.50. The molecule has 0 radical (unpaired) electrons. The van der Waals surface area contributed by atoms with Crippen molar-refractivity contribution in [2.45, 2.75) is 117 Å². The van der Waals surface area contributed by atoms with Gasteiger partial charge in [0.25, 0.3) is 0 Å². The molecule has 0 bridgehead atoms. The smallest absolute Gasteiger partial charge is 0.372 e. The van der Waals surface area contributed by atoms with Crippen LogP contribution >= 0.6 is 0 Å². The first-order valence-corrected chi connectivity index (χ1v) is 13.3. The molecule has 202 valence electrons. The number of ether oxygens (including phenoxy) is 3. The summed E-state index contributed by atoms with van der Waals surface area (Å²) in [5, 5.41) is 9.50. The molecule has 1 saturated carbocycles. The largest absolute Gasteiger partial charge is 0.475 e. The van der Waals surface area contributed by atoms with Crippen LogP contribution in [0.25, 0.3) is 0 Å². The third-order valence-electron chi connectivity index (χ3n) is 7.19. The number of carbonyl (C=O) groups is 3. The first-order valence-electron chi connectivity index (χ1n) is 13.3. The molecule has 0 aromatic heterocycles. The summed E-state index contributed by atoms with van der Waals surface area (Å²) in [6, 6.07) is 0. The van der Waals surface area contributed by atoms with E-state index in [1.54, 1.807) is 0 Å². The summed E-state index contributed by atoms with van der Waals surface area (Å²) < 4.78 is 16.2. The summed E-state index contributed by atoms with van der Waals surface area (Å²) >= 11 is 0. The van der Waals surface area contributed by atoms with Crippen molar-refractivity contribution in [2.75, 3.05) is 0 Å². The molecular formula is C29H44O7. The Labute approximate surface area is 215 Å². The molecule has 5 atom stereocenters. The van der Waals surface area contributed by atoms with Gasteiger partial charge < -0.3 is 19.3 Å². The molecule has 1 heterocycles. The third-order valence-corrected chi connectivity index (χ3v) is 7.19. The SMILES string of the molecule is C=C1CC[C@H](CCCCCCCC=C(C)C)[C@H]1C[C@H]1OC1C(OC(C)=O)C(C)=C(OC(C)=O)C(=O)O. The molecule has 2 unspecified atom stereocenters. The number of carbonyl (C=O) groups excluding carboxylic acids is 2. The summed E-state index contributed by atoms with van der Waals surface area (Å²) in [4.78, 5) is 34.8. The predicted octanol–water partition coefficient (Wildman–Crippen LogP) is 6.28. The Morgan fingerprint density at radius 3 is 2.33 bits per heavy atom. The maximum atomic E-state index is 11.7. The molecule has 36 heavy (non-hydrogen) atoms. The van der Waals surface area contributed by atoms with Gasteiger partial charge in [0.2, 0.25) is 5.76 Å². The zero-order valence-corrected chi connectivity index (χ0v) is 22.6. The first-order chi connectivity index (χ1) is 17.0. The van der Waals surface area contributed by atoms with Crippen molar-refractivity contribution in [2.24, 2.45) is 11.8 Å². The van der Waals surface area contributed by atoms with E-state index >= 15 is 0 Å². The molecule has 1 saturated heterocycles. The van der Waals surface area contributed by atoms with E-state index in [4.69, 9.17) is 14.2 Å². The van der Waals surface area contributed by atoms with Gasteiger partial charge in [0.1, 0.15) is 6.10 Å². The Kier molecular flexibility index (Phi) is 11.9. The highest BCUT2D eigenvalue weighted by molar-refractivity contribution is 5.88. The Morgan fingerprint density at radius 2 is 1.72 bits per heavy atom. The van der Waals surface area contributed by atoms with Crippen LogP contribution < -0.4 is 0 Å². The van der Waals surface area contributed by atoms with E-state index in [-0.39, 0.29) is 11.7 Å². The molecule has 1 N–H and O–H groups in total. The molecule has 0 aromatic carbocycles. The quantitative estimate of drug-likeness (QED) is 0.0699. The van der Waals surface area contributed by atoms with Crippen molar-refractivity contribution < 1.29 is 33.7 Å². The van der Waals surface area contributed by atoms with Crippen LogP contribution in [0.5, 0.6) is 0 Å². The van der Waals surface area contributed by atoms with Crippen LogP contribution in [0, 0.1) is 11.8 Å². The van der Waals surface area contributed by atoms with Crippen LogP contribution in [0.3, 0.4) is 0 Å². The summed E-state index contributed by atoms with van der Waals surface area (Å²) in [6.07, 6.45) is 12.3. The van der Waals surface area contributed by atoms with Crippen LogP contribution in [-0.4, -0.2) is 41.3 Å². The average molecular weight is 505 g/mol. The number of rotatable bonds is 15. The molecule has 2 rings (SSSR count). The number of allylic oxidation sites excluding steroid dienone is 3. The molecule has 7 nitrogen and oxygen atoms in total. The number of epoxide rings is 1. The maximum Gasteiger partial charge on any atom is 0.372 e. The van der Waals surface area contributed by atoms with Crippen molar-refractivity contribution in [3.05, 3.63) is 35.1 Å². The fourth-order valence-corrected chi connectivity index (χ4v) is 5.28. The average Bonchev–Trinajstić information content (AvgIpc) is 3.47. The first kappa shape index (κ1) is 29.8. The van der Waals surface area contributed by atoms with E-state index in [9.17, 15) is 19.5 Å². The van der Waals surface area contributed by atoms with Gasteiger partial charge in [0.15, 0.2) is 6.10 Å². The Hall–Kier alpha value is -2.41. The predicted molar refractivity (Wildman–Crippen MR) is 138 cm³/mol. The molecule has 0 spiro atoms. The highest BCUT2D eigenvalue weighted by Crippen LogP contribution is 2.46. The second-order valence-electron chi connectivity index (χ2n) is 10.5. The van der Waals surface area contributed by atoms with Crippen LogP contribution in [-0.2, 0) is 28.6 Å². The molecule has 2 aliphatic rings. The highest BCUT2D eigenvalue weighted by atomic mass is 16.6. The third kappa shape index (κ3) is 9.57. The molecule has 7 heteroatoms. The zero-order valence-electron chi connectivity index (χ0n) is 22.6. The van der Waals surface area contributed by atoms with Crippen molar-refractivity contribution >= 4 is 17.9 Å². The van der Waals surface area contributed by atoms with Gasteiger partial charge in [-0.15, -0.1) is 0 Å². The van der Waals surface area contributed by atoms with Gasteiger partial charge in [0, 0.05) is 19.4 Å². The van der Waals surface area contributed by atoms with Gasteiger partial charge in [-0.3, -0.25) is 9.59 Å². The van der Waals surface area contributed by atoms with Gasteiger partial charge in [-0.05, 0) is 71.1 Å². The van der Waals surface area contributed by atoms with Gasteiger partial charge in [-0.2, -0.15) is 0 Å². The minimum atomic E-state index is -1.39. The minimum Gasteiger partial charge on any atom is -0.475 e. The normalized spacial score (nSPS) is 24.5. The molecule has 0 amide bonds. The van der Waals surface area contributed by atoms with E-state index in [1.807, 2.05) is 0 Å². The van der Waals surface area contributed by atoms with Crippen molar-refractivity contribution in [3.63, 3.8) is 0 Å². The topological polar surface area (TPSA) is 102 Å². The lowest BCUT2D eigenvalue weighted by atomic mass is 9.85. The number of hydrogen-bond acceptors (Lipinski definition) is 6. The van der Waals surface area contributed by atoms with Gasteiger partial charge in [-0.1, -0.05) is 49.5 Å². The summed E-state index contributed by atoms with van der Waals surface area (Å²) in [5.74, 6) is -2.28. The summed E-state index contributed by atoms with van der Waals surface area (Å²) in [5.41, 5.74) is 2.80. The van der Waals surface area contributed by atoms with E-state index in [0.29, 0.717) is 11.8 Å². The van der Waals surface area contributed by atoms with Crippen LogP contribution in [0.2, 0.25) is 0 Å². The van der Waals surface area contributed by atoms with Crippen molar-refractivity contribution in [1.82, 2.24) is 0 Å². The standard InChI is InChI=1S/C29H44O7/c1-18(2)13-11-9-7-8-10-12-14-23-16-15-19(3)24(23)17-25-28(36-25)26(34-21(5)30)20(4)27(29(32)33)35-22(6)31/h13,23-26,28H,3,7-12,14-17H2,1-2,4-6H3,(H,32,33)/t23-,24-,25+,26?,28?/m0/s1. The fourth-order valence-electron chi connectivity index (χ4n) is 5.28. The van der Waals surface area contributed by atoms with E-state index in [0.717, 1.165) is 26.2 Å². The molecule has 1 aliphatic carbocycles. The summed E-state index contributed by atoms with van der Waals surface area (Å²) in [6.45, 7) is 12.5. The van der Waals surface area contributed by atoms with Crippen molar-refractivity contribution in [3.8, 4) is 0 Å². The van der Waals surface area contributed by atoms with Gasteiger partial charge in [-0.25, -0.2) is 4.79 Å². The van der Waals surface area contributed by atoms with E-state index in [2.05, 4.69) is 26.5 Å². The van der Waals surface area contributed by atoms with Crippen LogP contribution in [0.15, 0.2) is 35.1 Å². The fraction of sp³-hybridized carbons (Fsp3) is 0.690. The molecule has 2 fully saturated rings. The Morgan fingerprint density at radius 1 is 1.06 bits per heavy atom. The minimum absolute atomic E-state index is 0.158. The van der Waals surface area contributed by atoms with Crippen LogP contribution in [0.4, 0.5) is 0 Å². The lowest BCUT2D eigenvalue weighted by Crippen LogP contribution is -2.29. The molecular weight excluding hydrogens is 460 g/mol. The maximum absolute atomic E-state index is 11.7. The van der Waals surface area contributed by atoms with Crippen molar-refractivity contribution in [1.29, 1.82) is 0 Å². The number of carboxylic acids is 1. The second kappa shape index (κ2) is 14.4. The second-order valence-corrected chi connectivity index (χ2v) is 10.5. The van der Waals surface area contributed by atoms with Crippen LogP contribution in [0.1, 0.15) is 98.8 Å². The monoisotopic (exact) mass is 504 g/mol. The van der Waals surface area contributed by atoms with Gasteiger partial charge in [0.05, 0.1) is 6.10 Å². The lowest BCUT2D eigenvalue weighted by Gasteiger charge is -2.21. The number of esters is 2. The Bertz CT molecular complexity index is 865. The zero-order chi connectivity index (χ0) is 26.8. The number of unbranched alkanes of at least 4 members (excludes halogenated alkanes) is 5. The number of aliphatic carboxylic acids is 1. The lowest BCUT2D eigenvalue weighted by molar-refractivity contribution is -0.148. The summed E-state index contributed by atoms with van der Waals surface area (Å²) in [7, 11) is 0. The Balaban J connectivity index is 1.92. The number of hydrogen-bond donors (Lipinski definition) is 1. The van der Waals surface area contributed by atoms with E-state index in [1.165, 1.54) is 69.9 Å². The van der Waals surface area contributed by atoms with Gasteiger partial charge >= 0.3 is 17.9 Å². The molecule has 1 aliphatic heterocycles. The molecule has 0 aromatic rings. The van der Waals surface area contributed by atoms with E-state index < -0.39 is 35.9 Å². The number of carboxylic acid groups (broad SMARTS) is 1.